The summed E-state index contributed by atoms with van der Waals surface area (Å²) in [5, 5.41) is 47.8. The number of nitrogens with one attached hydrogen (secondary N) is 2. The third-order valence-corrected chi connectivity index (χ3v) is 25.5. The van der Waals surface area contributed by atoms with Crippen molar-refractivity contribution in [2.45, 2.75) is 190 Å². The number of amides is 2. The van der Waals surface area contributed by atoms with Crippen molar-refractivity contribution in [2.24, 2.45) is 29.0 Å². The molecule has 784 valence electrons. The Morgan fingerprint density at radius 2 is 0.933 bits per heavy atom. The van der Waals surface area contributed by atoms with Crippen LogP contribution >= 0.6 is 34.8 Å². The van der Waals surface area contributed by atoms with Crippen molar-refractivity contribution in [2.75, 3.05) is 65.6 Å². The molecule has 12 aromatic rings. The number of benzene rings is 8. The summed E-state index contributed by atoms with van der Waals surface area (Å²) in [7, 11) is 2.74. The summed E-state index contributed by atoms with van der Waals surface area (Å²) in [6, 6.07) is 67.8. The molecular weight excluding hydrogens is 1940 g/mol. The smallest absolute Gasteiger partial charge is 0.488 e. The number of ketones is 3. The highest BCUT2D eigenvalue weighted by Crippen LogP contribution is 2.43. The third-order valence-electron chi connectivity index (χ3n) is 24.7. The number of hydrogen-bond acceptors (Lipinski definition) is 25. The number of carboxylic acid groups (broad SMARTS) is 1. The van der Waals surface area contributed by atoms with Gasteiger partial charge in [-0.3, -0.25) is 44.3 Å². The first-order chi connectivity index (χ1) is 70.2. The number of nitrogen functional groups attached to an aromatic ring is 2. The van der Waals surface area contributed by atoms with E-state index in [-0.39, 0.29) is 137 Å². The van der Waals surface area contributed by atoms with E-state index in [2.05, 4.69) is 132 Å². The SMILES string of the molecule is CC(C)(C)c1ccc(B(O)O)cc1.COC(=O)c1c(Cl)cc(-c2ccc(C(C)(C)C)cc2)nc1C.COC(=O)c1c(Cl)cc(Cl)nc1C.Cc1nc(-c2ccc(C(C)(C)C)cc2)cc(N)c1C(=O)C[C@@H](CCN)C(=O)N(C)[C@@H]1C(=O)C[C@@H](C)C(=O)N[C@H](C(=O)CCC#N)Cc2ccc(OCCN)c(c2)-c2cc1ccc2OCCN.Cc1nc(-c2ccc(C(C)(C)C)cc2)cc(N)c1C(=O)O.N=C(c1ccccc1)c1ccccc1. The number of pyridine rings is 4. The van der Waals surface area contributed by atoms with Gasteiger partial charge in [0.05, 0.1) is 104 Å². The van der Waals surface area contributed by atoms with Crippen LogP contribution in [0.15, 0.2) is 218 Å². The molecule has 0 saturated carbocycles. The minimum Gasteiger partial charge on any atom is -0.492 e. The standard InChI is InChI=1S/C51H64N8O7.C18H20ClNO2.C17H20N2O2.C13H11N.C10H15BO2.C8H7Cl2NO2/c1-30-24-44(62)48(59(6)50(64)35(17-19-53)28-43(61)47-31(2)57-40(29-39(47)56)33-10-13-36(14-11-33)51(3,4)5)34-12-16-46(66-23-21-55)38(27-34)37-25-32(9-15-45(37)65-22-20-54)26-41(58-49(30)63)42(60)8-7-18-52;1-11-16(17(21)22-5)14(19)10-15(20-11)12-6-8-13(9-7-12)18(2,3)4;1-10-15(16(20)21)13(18)9-14(19-10)11-5-7-12(8-6-11)17(2,3)4;14-13(11-7-3-1-4-8-11)12-9-5-2-6-10-12;1-10(2,3)8-4-6-9(7-5-8)11(12)13;1-4-7(8(12)13-2)5(9)3-6(10)11-4/h9-16,25,27,29-30,35,41,48H,7-8,17,19-24,26,28,53-55H2,1-6H3,(H2,56,57)(H,58,63);6-10H,1-5H3;5-9H,1-4H3,(H2,18,19)(H,20,21);1-10,14H;4-7,12-13H,1-3H3;3H,1-2H3/t30-,35-,41+,48+;;;;;/m1...../s1. The van der Waals surface area contributed by atoms with Crippen LogP contribution in [0.25, 0.3) is 44.9 Å². The highest BCUT2D eigenvalue weighted by Gasteiger charge is 2.38. The van der Waals surface area contributed by atoms with Crippen LogP contribution in [0.1, 0.15) is 237 Å². The van der Waals surface area contributed by atoms with E-state index in [1.165, 1.54) is 48.9 Å². The molecule has 13 rings (SSSR count). The Balaban J connectivity index is 0.000000260. The van der Waals surface area contributed by atoms with Crippen LogP contribution in [0.3, 0.4) is 0 Å². The van der Waals surface area contributed by atoms with Gasteiger partial charge in [0.15, 0.2) is 17.3 Å². The van der Waals surface area contributed by atoms with Gasteiger partial charge in [-0.2, -0.15) is 5.26 Å². The Kier molecular flexibility index (Phi) is 44.0. The summed E-state index contributed by atoms with van der Waals surface area (Å²) >= 11 is 17.6. The number of rotatable bonds is 25. The van der Waals surface area contributed by atoms with Crippen LogP contribution in [0.2, 0.25) is 15.2 Å². The number of likely N-dealkylation sites (N-methyl/N-ethyl adjacent to an activating group) is 1. The molecule has 0 spiro atoms. The number of nitriles is 1. The molecule has 1 aliphatic heterocycles. The highest BCUT2D eigenvalue weighted by molar-refractivity contribution is 6.58. The first kappa shape index (κ1) is 120. The Hall–Kier alpha value is -14.2. The van der Waals surface area contributed by atoms with Gasteiger partial charge in [-0.1, -0.05) is 295 Å². The monoisotopic (exact) mass is 2080 g/mol. The molecule has 4 bridgehead atoms. The van der Waals surface area contributed by atoms with Crippen molar-refractivity contribution < 1.29 is 72.5 Å². The van der Waals surface area contributed by atoms with Crippen LogP contribution in [-0.2, 0) is 56.7 Å². The number of carbonyl (C=O) groups excluding carboxylic acids is 7. The average Bonchev–Trinajstić information content (AvgIpc) is 0.773. The van der Waals surface area contributed by atoms with E-state index in [4.69, 9.17) is 103 Å². The number of anilines is 2. The predicted octanol–water partition coefficient (Wildman–Crippen LogP) is 20.2. The van der Waals surface area contributed by atoms with Crippen molar-refractivity contribution in [1.82, 2.24) is 30.2 Å². The molecular formula is C117H137BCl3N13O15. The molecule has 32 heteroatoms. The summed E-state index contributed by atoms with van der Waals surface area (Å²) in [5.41, 5.74) is 48.4. The maximum absolute atomic E-state index is 14.8. The maximum Gasteiger partial charge on any atom is 0.488 e. The molecule has 2 amide bonds. The zero-order chi connectivity index (χ0) is 110. The summed E-state index contributed by atoms with van der Waals surface area (Å²) in [6.45, 7) is 34.9. The number of halogens is 3. The largest absolute Gasteiger partial charge is 0.492 e. The molecule has 1 aliphatic rings. The lowest BCUT2D eigenvalue weighted by atomic mass is 9.78. The lowest BCUT2D eigenvalue weighted by molar-refractivity contribution is -0.142. The third kappa shape index (κ3) is 33.7. The van der Waals surface area contributed by atoms with Gasteiger partial charge in [0.1, 0.15) is 41.5 Å². The number of Topliss-reactive ketones (excluding diaryl/α,β-unsaturated/α-hetero) is 3. The molecule has 149 heavy (non-hydrogen) atoms. The number of nitrogens with two attached hydrogens (primary N) is 5. The van der Waals surface area contributed by atoms with Crippen molar-refractivity contribution >= 4 is 112 Å². The first-order valence-corrected chi connectivity index (χ1v) is 49.9. The lowest BCUT2D eigenvalue weighted by Crippen LogP contribution is -2.46. The quantitative estimate of drug-likeness (QED) is 0.00835. The number of hydrogen-bond donors (Lipinski definition) is 10. The van der Waals surface area contributed by atoms with Gasteiger partial charge in [-0.15, -0.1) is 0 Å². The van der Waals surface area contributed by atoms with Gasteiger partial charge in [0.2, 0.25) is 11.8 Å². The summed E-state index contributed by atoms with van der Waals surface area (Å²) in [4.78, 5) is 124. The van der Waals surface area contributed by atoms with E-state index in [1.807, 2.05) is 133 Å². The fraction of sp³-hybridized carbons (Fsp3) is 0.333. The molecule has 5 heterocycles. The molecule has 0 unspecified atom stereocenters. The number of carbonyl (C=O) groups is 8. The van der Waals surface area contributed by atoms with Gasteiger partial charge in [-0.05, 0) is 167 Å². The summed E-state index contributed by atoms with van der Waals surface area (Å²) in [5.74, 6) is -5.34. The zero-order valence-electron chi connectivity index (χ0n) is 88.4. The van der Waals surface area contributed by atoms with E-state index in [1.54, 1.807) is 95.3 Å². The van der Waals surface area contributed by atoms with Crippen LogP contribution in [0.5, 0.6) is 11.5 Å². The van der Waals surface area contributed by atoms with Crippen LogP contribution in [-0.4, -0.2) is 160 Å². The summed E-state index contributed by atoms with van der Waals surface area (Å²) < 4.78 is 21.5. The Bertz CT molecular complexity index is 6610. The van der Waals surface area contributed by atoms with E-state index in [9.17, 15) is 43.6 Å². The first-order valence-electron chi connectivity index (χ1n) is 48.8. The number of carboxylic acids is 1. The van der Waals surface area contributed by atoms with Gasteiger partial charge < -0.3 is 73.0 Å². The number of aromatic nitrogens is 4. The molecule has 28 nitrogen and oxygen atoms in total. The molecule has 15 N–H and O–H groups in total. The Labute approximate surface area is 889 Å². The number of aromatic carboxylic acids is 1. The van der Waals surface area contributed by atoms with Gasteiger partial charge in [0.25, 0.3) is 0 Å². The highest BCUT2D eigenvalue weighted by atomic mass is 35.5. The maximum atomic E-state index is 14.8. The Morgan fingerprint density at radius 1 is 0.530 bits per heavy atom. The van der Waals surface area contributed by atoms with E-state index in [0.717, 1.165) is 39.1 Å². The topological polar surface area (TPSA) is 479 Å². The van der Waals surface area contributed by atoms with Crippen LogP contribution < -0.4 is 48.9 Å². The van der Waals surface area contributed by atoms with Crippen molar-refractivity contribution in [3.63, 3.8) is 0 Å². The van der Waals surface area contributed by atoms with Crippen molar-refractivity contribution in [3.8, 4) is 62.5 Å². The molecule has 4 aromatic heterocycles. The molecule has 0 fully saturated rings. The number of esters is 2. The average molecular weight is 2080 g/mol. The second-order valence-electron chi connectivity index (χ2n) is 40.1. The Morgan fingerprint density at radius 3 is 1.32 bits per heavy atom. The molecule has 4 atom stereocenters. The number of ether oxygens (including phenoxy) is 4. The zero-order valence-corrected chi connectivity index (χ0v) is 90.7. The van der Waals surface area contributed by atoms with Gasteiger partial charge >= 0.3 is 25.0 Å². The summed E-state index contributed by atoms with van der Waals surface area (Å²) in [6.07, 6.45) is -0.479. The molecule has 0 saturated heterocycles. The number of aryl methyl sites for hydroxylation is 4. The second kappa shape index (κ2) is 54.7. The molecule has 0 aliphatic carbocycles. The fourth-order valence-electron chi connectivity index (χ4n) is 16.3. The van der Waals surface area contributed by atoms with Gasteiger partial charge in [-0.25, -0.2) is 19.4 Å². The molecule has 8 aromatic carbocycles. The van der Waals surface area contributed by atoms with E-state index < -0.39 is 72.3 Å². The minimum atomic E-state index is -1.37. The second-order valence-corrected chi connectivity index (χ2v) is 41.4. The van der Waals surface area contributed by atoms with Gasteiger partial charge in [0, 0.05) is 91.2 Å². The predicted molar refractivity (Wildman–Crippen MR) is 592 cm³/mol. The van der Waals surface area contributed by atoms with E-state index >= 15 is 0 Å². The van der Waals surface area contributed by atoms with E-state index in [0.29, 0.717) is 89.7 Å². The van der Waals surface area contributed by atoms with Crippen LogP contribution in [0, 0.1) is 56.3 Å². The van der Waals surface area contributed by atoms with Crippen LogP contribution in [0.4, 0.5) is 11.4 Å². The minimum absolute atomic E-state index is 0.0347. The van der Waals surface area contributed by atoms with Crippen molar-refractivity contribution in [1.29, 1.82) is 10.7 Å². The number of fused-ring (bicyclic) bond motifs is 5. The number of methoxy groups -OCH3 is 2. The normalized spacial score (nSPS) is 13.5. The van der Waals surface area contributed by atoms with Crippen molar-refractivity contribution in [3.05, 3.63) is 323 Å². The lowest BCUT2D eigenvalue weighted by Gasteiger charge is -2.32. The fourth-order valence-corrected chi connectivity index (χ4v) is 17.3. The number of nitrogens with zero attached hydrogens (tertiary/aromatic N) is 6. The molecule has 0 radical (unpaired) electrons.